The molecule has 0 radical (unpaired) electrons. The second-order valence-electron chi connectivity index (χ2n) is 6.90. The number of anilines is 1. The lowest BCUT2D eigenvalue weighted by atomic mass is 9.92. The van der Waals surface area contributed by atoms with E-state index in [1.54, 1.807) is 4.90 Å². The molecule has 1 aliphatic rings. The molecule has 0 unspecified atom stereocenters. The summed E-state index contributed by atoms with van der Waals surface area (Å²) < 4.78 is 83.9. The molecule has 2 rings (SSSR count). The second kappa shape index (κ2) is 10.0. The minimum Gasteiger partial charge on any atom is -0.378 e. The molecule has 0 amide bonds. The van der Waals surface area contributed by atoms with Crippen molar-refractivity contribution in [1.29, 1.82) is 5.26 Å². The molecular formula is C19H21F6N3O2S. The second-order valence-corrected chi connectivity index (χ2v) is 7.27. The van der Waals surface area contributed by atoms with Gasteiger partial charge in [-0.2, -0.15) is 31.6 Å². The predicted octanol–water partition coefficient (Wildman–Crippen LogP) is 4.12. The van der Waals surface area contributed by atoms with Crippen LogP contribution in [0.25, 0.3) is 0 Å². The van der Waals surface area contributed by atoms with E-state index in [0.29, 0.717) is 69.4 Å². The van der Waals surface area contributed by atoms with Gasteiger partial charge < -0.3 is 19.6 Å². The molecule has 0 spiro atoms. The standard InChI is InChI=1S/C19H21F6N3O2S/c20-18(21,22)17(29,19(23,24)25)14-4-6-15(7-5-14)28(9-3-1-2-8-26)16(31)27-10-12-30-13-11-27/h4-7,29H,1-3,9-13H2. The Kier molecular flexibility index (Phi) is 8.13. The third kappa shape index (κ3) is 5.58. The summed E-state index contributed by atoms with van der Waals surface area (Å²) in [5.41, 5.74) is -6.04. The first-order valence-corrected chi connectivity index (χ1v) is 9.82. The van der Waals surface area contributed by atoms with Gasteiger partial charge >= 0.3 is 12.4 Å². The van der Waals surface area contributed by atoms with Gasteiger partial charge in [-0.15, -0.1) is 0 Å². The lowest BCUT2D eigenvalue weighted by molar-refractivity contribution is -0.376. The minimum atomic E-state index is -5.95. The van der Waals surface area contributed by atoms with Crippen molar-refractivity contribution in [2.75, 3.05) is 37.7 Å². The monoisotopic (exact) mass is 469 g/mol. The lowest BCUT2D eigenvalue weighted by Gasteiger charge is -2.36. The Bertz CT molecular complexity index is 772. The molecule has 0 aromatic heterocycles. The van der Waals surface area contributed by atoms with E-state index in [1.807, 2.05) is 11.0 Å². The molecule has 12 heteroatoms. The van der Waals surface area contributed by atoms with E-state index in [4.69, 9.17) is 22.2 Å². The number of nitrogens with zero attached hydrogens (tertiary/aromatic N) is 3. The average Bonchev–Trinajstić information content (AvgIpc) is 2.72. The quantitative estimate of drug-likeness (QED) is 0.384. The van der Waals surface area contributed by atoms with E-state index in [9.17, 15) is 31.4 Å². The highest BCUT2D eigenvalue weighted by Gasteiger charge is 2.71. The maximum Gasteiger partial charge on any atom is 0.430 e. The van der Waals surface area contributed by atoms with E-state index in [0.717, 1.165) is 12.1 Å². The molecule has 0 bridgehead atoms. The first-order chi connectivity index (χ1) is 14.4. The smallest absolute Gasteiger partial charge is 0.378 e. The molecule has 1 aromatic rings. The summed E-state index contributed by atoms with van der Waals surface area (Å²) in [5.74, 6) is 0. The summed E-state index contributed by atoms with van der Waals surface area (Å²) >= 11 is 5.50. The largest absolute Gasteiger partial charge is 0.430 e. The maximum atomic E-state index is 13.1. The summed E-state index contributed by atoms with van der Waals surface area (Å²) in [6.07, 6.45) is -10.5. The number of ether oxygens (including phenoxy) is 1. The van der Waals surface area contributed by atoms with Crippen LogP contribution in [0.2, 0.25) is 0 Å². The summed E-state index contributed by atoms with van der Waals surface area (Å²) in [4.78, 5) is 3.43. The SMILES string of the molecule is N#CCCCCN(C(=S)N1CCOCC1)c1ccc(C(O)(C(F)(F)F)C(F)(F)F)cc1. The van der Waals surface area contributed by atoms with Gasteiger partial charge in [0.05, 0.1) is 19.3 Å². The number of aliphatic hydroxyl groups is 1. The number of morpholine rings is 1. The molecule has 1 fully saturated rings. The Balaban J connectivity index is 2.34. The van der Waals surface area contributed by atoms with Gasteiger partial charge in [0.15, 0.2) is 5.11 Å². The number of hydrogen-bond donors (Lipinski definition) is 1. The maximum absolute atomic E-state index is 13.1. The van der Waals surface area contributed by atoms with Crippen LogP contribution in [0.1, 0.15) is 24.8 Å². The molecule has 31 heavy (non-hydrogen) atoms. The van der Waals surface area contributed by atoms with Crippen LogP contribution in [0.4, 0.5) is 32.0 Å². The van der Waals surface area contributed by atoms with Crippen LogP contribution in [0.3, 0.4) is 0 Å². The minimum absolute atomic E-state index is 0.281. The van der Waals surface area contributed by atoms with Crippen LogP contribution in [0.5, 0.6) is 0 Å². The number of rotatable bonds is 6. The number of hydrogen-bond acceptors (Lipinski definition) is 4. The fraction of sp³-hybridized carbons (Fsp3) is 0.579. The van der Waals surface area contributed by atoms with E-state index < -0.39 is 23.5 Å². The van der Waals surface area contributed by atoms with E-state index in [2.05, 4.69) is 0 Å². The van der Waals surface area contributed by atoms with Crippen LogP contribution in [0.15, 0.2) is 24.3 Å². The highest BCUT2D eigenvalue weighted by Crippen LogP contribution is 2.50. The van der Waals surface area contributed by atoms with Gasteiger partial charge in [0.25, 0.3) is 5.60 Å². The van der Waals surface area contributed by atoms with Gasteiger partial charge in [-0.3, -0.25) is 0 Å². The zero-order valence-electron chi connectivity index (χ0n) is 16.3. The van der Waals surface area contributed by atoms with Crippen molar-refractivity contribution in [3.63, 3.8) is 0 Å². The average molecular weight is 469 g/mol. The molecule has 0 saturated carbocycles. The molecular weight excluding hydrogens is 448 g/mol. The zero-order valence-corrected chi connectivity index (χ0v) is 17.2. The third-order valence-corrected chi connectivity index (χ3v) is 5.33. The van der Waals surface area contributed by atoms with Gasteiger partial charge in [0.1, 0.15) is 0 Å². The van der Waals surface area contributed by atoms with Crippen LogP contribution in [-0.4, -0.2) is 60.3 Å². The van der Waals surface area contributed by atoms with Crippen LogP contribution >= 0.6 is 12.2 Å². The first kappa shape index (κ1) is 25.2. The summed E-state index contributed by atoms with van der Waals surface area (Å²) in [6.45, 7) is 2.18. The predicted molar refractivity (Wildman–Crippen MR) is 104 cm³/mol. The number of benzene rings is 1. The lowest BCUT2D eigenvalue weighted by Crippen LogP contribution is -2.54. The Morgan fingerprint density at radius 1 is 1.06 bits per heavy atom. The van der Waals surface area contributed by atoms with Gasteiger partial charge in [-0.1, -0.05) is 12.1 Å². The topological polar surface area (TPSA) is 59.7 Å². The summed E-state index contributed by atoms with van der Waals surface area (Å²) in [7, 11) is 0. The normalized spacial score (nSPS) is 15.5. The van der Waals surface area contributed by atoms with Crippen molar-refractivity contribution in [3.05, 3.63) is 29.8 Å². The van der Waals surface area contributed by atoms with Crippen LogP contribution in [-0.2, 0) is 10.3 Å². The van der Waals surface area contributed by atoms with Crippen molar-refractivity contribution < 1.29 is 36.2 Å². The fourth-order valence-electron chi connectivity index (χ4n) is 3.11. The van der Waals surface area contributed by atoms with E-state index >= 15 is 0 Å². The summed E-state index contributed by atoms with van der Waals surface area (Å²) in [5, 5.41) is 18.6. The number of nitriles is 1. The molecule has 0 aliphatic carbocycles. The molecule has 1 aromatic carbocycles. The van der Waals surface area contributed by atoms with Crippen molar-refractivity contribution in [2.45, 2.75) is 37.2 Å². The molecule has 1 aliphatic heterocycles. The highest BCUT2D eigenvalue weighted by molar-refractivity contribution is 7.80. The Morgan fingerprint density at radius 3 is 2.10 bits per heavy atom. The third-order valence-electron chi connectivity index (χ3n) is 4.85. The van der Waals surface area contributed by atoms with Gasteiger partial charge in [0.2, 0.25) is 0 Å². The summed E-state index contributed by atoms with van der Waals surface area (Å²) in [6, 6.07) is 5.33. The zero-order chi connectivity index (χ0) is 23.3. The number of alkyl halides is 6. The molecule has 1 N–H and O–H groups in total. The first-order valence-electron chi connectivity index (χ1n) is 9.41. The molecule has 172 valence electrons. The Hall–Kier alpha value is -2.10. The number of halogens is 6. The molecule has 5 nitrogen and oxygen atoms in total. The van der Waals surface area contributed by atoms with Crippen molar-refractivity contribution in [2.24, 2.45) is 0 Å². The van der Waals surface area contributed by atoms with E-state index in [1.165, 1.54) is 0 Å². The van der Waals surface area contributed by atoms with Gasteiger partial charge in [-0.05, 0) is 37.2 Å². The van der Waals surface area contributed by atoms with Gasteiger partial charge in [0, 0.05) is 37.3 Å². The van der Waals surface area contributed by atoms with Crippen molar-refractivity contribution in [3.8, 4) is 6.07 Å². The molecule has 1 saturated heterocycles. The molecule has 1 heterocycles. The fourth-order valence-corrected chi connectivity index (χ4v) is 3.48. The number of thiocarbonyl (C=S) groups is 1. The highest BCUT2D eigenvalue weighted by atomic mass is 32.1. The Morgan fingerprint density at radius 2 is 1.61 bits per heavy atom. The number of unbranched alkanes of at least 4 members (excludes halogenated alkanes) is 2. The Labute approximate surface area is 180 Å². The van der Waals surface area contributed by atoms with Gasteiger partial charge in [-0.25, -0.2) is 0 Å². The van der Waals surface area contributed by atoms with E-state index in [-0.39, 0.29) is 5.69 Å². The van der Waals surface area contributed by atoms with Crippen molar-refractivity contribution in [1.82, 2.24) is 4.90 Å². The molecule has 0 atom stereocenters. The van der Waals surface area contributed by atoms with Crippen molar-refractivity contribution >= 4 is 23.0 Å². The van der Waals surface area contributed by atoms with Crippen LogP contribution < -0.4 is 4.90 Å². The van der Waals surface area contributed by atoms with Crippen LogP contribution in [0, 0.1) is 11.3 Å².